The smallest absolute Gasteiger partial charge is 0.237 e. The lowest BCUT2D eigenvalue weighted by Gasteiger charge is -2.30. The van der Waals surface area contributed by atoms with Gasteiger partial charge in [-0.3, -0.25) is 9.59 Å². The molecule has 0 saturated carbocycles. The van der Waals surface area contributed by atoms with Gasteiger partial charge in [0.15, 0.2) is 17.5 Å². The van der Waals surface area contributed by atoms with Crippen molar-refractivity contribution in [1.29, 1.82) is 0 Å². The average Bonchev–Trinajstić information content (AvgIpc) is 3.16. The topological polar surface area (TPSA) is 106 Å². The molecule has 0 fully saturated rings. The van der Waals surface area contributed by atoms with Crippen molar-refractivity contribution >= 4 is 11.8 Å². The first-order valence-electron chi connectivity index (χ1n) is 11.0. The van der Waals surface area contributed by atoms with E-state index in [0.29, 0.717) is 31.4 Å². The van der Waals surface area contributed by atoms with Gasteiger partial charge in [-0.05, 0) is 30.9 Å². The zero-order valence-electron chi connectivity index (χ0n) is 18.9. The van der Waals surface area contributed by atoms with Gasteiger partial charge in [-0.25, -0.2) is 13.2 Å². The molecule has 3 rings (SSSR count). The molecule has 0 spiro atoms. The van der Waals surface area contributed by atoms with Gasteiger partial charge in [0.05, 0.1) is 12.6 Å². The summed E-state index contributed by atoms with van der Waals surface area (Å²) in [5.41, 5.74) is 5.87. The minimum absolute atomic E-state index is 0.113. The fraction of sp³-hybridized carbons (Fsp3) is 0.545. The van der Waals surface area contributed by atoms with E-state index in [2.05, 4.69) is 15.5 Å². The van der Waals surface area contributed by atoms with Crippen molar-refractivity contribution in [2.75, 3.05) is 6.54 Å². The molecule has 8 nitrogen and oxygen atoms in total. The number of halogens is 3. The van der Waals surface area contributed by atoms with Gasteiger partial charge in [0, 0.05) is 31.6 Å². The van der Waals surface area contributed by atoms with E-state index in [-0.39, 0.29) is 36.8 Å². The average molecular weight is 467 g/mol. The molecule has 3 N–H and O–H groups in total. The number of nitrogens with two attached hydrogens (primary N) is 1. The quantitative estimate of drug-likeness (QED) is 0.578. The number of hydrogen-bond donors (Lipinski definition) is 2. The number of aromatic nitrogens is 3. The summed E-state index contributed by atoms with van der Waals surface area (Å²) in [6.45, 7) is 6.77. The summed E-state index contributed by atoms with van der Waals surface area (Å²) >= 11 is 0. The Balaban J connectivity index is 1.77. The number of carbonyl (C=O) groups is 2. The Labute approximate surface area is 190 Å². The van der Waals surface area contributed by atoms with Crippen molar-refractivity contribution < 1.29 is 22.8 Å². The van der Waals surface area contributed by atoms with Crippen LogP contribution in [0.4, 0.5) is 13.2 Å². The summed E-state index contributed by atoms with van der Waals surface area (Å²) in [5, 5.41) is 10.8. The molecule has 1 aliphatic rings. The van der Waals surface area contributed by atoms with Crippen LogP contribution in [-0.4, -0.2) is 50.1 Å². The molecule has 1 aromatic heterocycles. The number of rotatable bonds is 8. The van der Waals surface area contributed by atoms with E-state index in [1.54, 1.807) is 4.90 Å². The molecule has 2 amide bonds. The number of aryl methyl sites for hydroxylation is 1. The van der Waals surface area contributed by atoms with Crippen LogP contribution in [0.15, 0.2) is 12.1 Å². The highest BCUT2D eigenvalue weighted by Gasteiger charge is 2.29. The van der Waals surface area contributed by atoms with E-state index in [9.17, 15) is 22.8 Å². The van der Waals surface area contributed by atoms with Crippen LogP contribution < -0.4 is 11.1 Å². The van der Waals surface area contributed by atoms with Gasteiger partial charge >= 0.3 is 0 Å². The summed E-state index contributed by atoms with van der Waals surface area (Å²) in [6.07, 6.45) is 0.311. The van der Waals surface area contributed by atoms with Gasteiger partial charge < -0.3 is 20.5 Å². The van der Waals surface area contributed by atoms with Crippen LogP contribution >= 0.6 is 0 Å². The Kier molecular flexibility index (Phi) is 7.72. The second-order valence-corrected chi connectivity index (χ2v) is 8.51. The van der Waals surface area contributed by atoms with Crippen molar-refractivity contribution in [3.8, 4) is 0 Å². The molecule has 33 heavy (non-hydrogen) atoms. The lowest BCUT2D eigenvalue weighted by Crippen LogP contribution is -2.50. The van der Waals surface area contributed by atoms with E-state index in [1.807, 2.05) is 25.3 Å². The third kappa shape index (κ3) is 5.70. The molecule has 1 aliphatic heterocycles. The SMILES string of the molecule is CCC(C)C(N)C(=O)N[C@@H](CC(=O)N1CCn2c(C)nnc2C1)Cc1cc(F)c(F)cc1F. The highest BCUT2D eigenvalue weighted by Crippen LogP contribution is 2.19. The van der Waals surface area contributed by atoms with Crippen molar-refractivity contribution in [1.82, 2.24) is 25.0 Å². The molecule has 2 unspecified atom stereocenters. The zero-order valence-corrected chi connectivity index (χ0v) is 18.9. The van der Waals surface area contributed by atoms with Crippen LogP contribution in [0.5, 0.6) is 0 Å². The first kappa shape index (κ1) is 24.7. The molecule has 0 radical (unpaired) electrons. The van der Waals surface area contributed by atoms with Crippen LogP contribution in [0.1, 0.15) is 43.9 Å². The van der Waals surface area contributed by atoms with Crippen molar-refractivity contribution in [2.45, 2.75) is 65.2 Å². The predicted molar refractivity (Wildman–Crippen MR) is 114 cm³/mol. The number of nitrogens with one attached hydrogen (secondary N) is 1. The van der Waals surface area contributed by atoms with Gasteiger partial charge in [-0.2, -0.15) is 0 Å². The second-order valence-electron chi connectivity index (χ2n) is 8.51. The number of amides is 2. The molecule has 1 aromatic carbocycles. The summed E-state index contributed by atoms with van der Waals surface area (Å²) in [4.78, 5) is 27.3. The van der Waals surface area contributed by atoms with Crippen molar-refractivity contribution in [3.05, 3.63) is 46.8 Å². The van der Waals surface area contributed by atoms with Crippen LogP contribution in [-0.2, 0) is 29.1 Å². The van der Waals surface area contributed by atoms with Gasteiger partial charge in [-0.1, -0.05) is 20.3 Å². The molecule has 2 heterocycles. The van der Waals surface area contributed by atoms with E-state index in [1.165, 1.54) is 0 Å². The second kappa shape index (κ2) is 10.3. The number of benzene rings is 1. The van der Waals surface area contributed by atoms with Crippen LogP contribution in [0.25, 0.3) is 0 Å². The van der Waals surface area contributed by atoms with E-state index >= 15 is 0 Å². The number of hydrogen-bond acceptors (Lipinski definition) is 5. The molecule has 0 bridgehead atoms. The molecule has 3 atom stereocenters. The van der Waals surface area contributed by atoms with Crippen LogP contribution in [0.3, 0.4) is 0 Å². The van der Waals surface area contributed by atoms with E-state index in [0.717, 1.165) is 11.9 Å². The first-order chi connectivity index (χ1) is 15.6. The summed E-state index contributed by atoms with van der Waals surface area (Å²) in [6, 6.07) is -0.481. The summed E-state index contributed by atoms with van der Waals surface area (Å²) in [7, 11) is 0. The van der Waals surface area contributed by atoms with Crippen molar-refractivity contribution in [2.24, 2.45) is 11.7 Å². The largest absolute Gasteiger partial charge is 0.351 e. The Morgan fingerprint density at radius 3 is 2.55 bits per heavy atom. The standard InChI is InChI=1S/C22H29F3N6O2/c1-4-12(2)21(26)22(33)27-15(7-14-8-17(24)18(25)10-16(14)23)9-20(32)30-5-6-31-13(3)28-29-19(31)11-30/h8,10,12,15,21H,4-7,9,11,26H2,1-3H3,(H,27,33)/t12?,15-,21?/m1/s1. The first-order valence-corrected chi connectivity index (χ1v) is 11.0. The van der Waals surface area contributed by atoms with E-state index < -0.39 is 35.4 Å². The maximum absolute atomic E-state index is 14.3. The molecule has 0 aliphatic carbocycles. The van der Waals surface area contributed by atoms with Crippen LogP contribution in [0, 0.1) is 30.3 Å². The zero-order chi connectivity index (χ0) is 24.3. The van der Waals surface area contributed by atoms with Gasteiger partial charge in [0.2, 0.25) is 11.8 Å². The van der Waals surface area contributed by atoms with Gasteiger partial charge in [0.25, 0.3) is 0 Å². The lowest BCUT2D eigenvalue weighted by atomic mass is 9.97. The van der Waals surface area contributed by atoms with Gasteiger partial charge in [0.1, 0.15) is 11.6 Å². The number of carbonyl (C=O) groups excluding carboxylic acids is 2. The third-order valence-electron chi connectivity index (χ3n) is 6.17. The Morgan fingerprint density at radius 2 is 1.85 bits per heavy atom. The molecular formula is C22H29F3N6O2. The maximum Gasteiger partial charge on any atom is 0.237 e. The molecule has 180 valence electrons. The molecule has 11 heteroatoms. The van der Waals surface area contributed by atoms with Crippen molar-refractivity contribution in [3.63, 3.8) is 0 Å². The summed E-state index contributed by atoms with van der Waals surface area (Å²) in [5.74, 6) is -2.93. The fourth-order valence-electron chi connectivity index (χ4n) is 3.83. The molecular weight excluding hydrogens is 437 g/mol. The lowest BCUT2D eigenvalue weighted by molar-refractivity contribution is -0.133. The monoisotopic (exact) mass is 466 g/mol. The number of fused-ring (bicyclic) bond motifs is 1. The van der Waals surface area contributed by atoms with E-state index in [4.69, 9.17) is 5.73 Å². The maximum atomic E-state index is 14.3. The Bertz CT molecular complexity index is 1030. The normalized spacial score (nSPS) is 16.2. The Morgan fingerprint density at radius 1 is 1.15 bits per heavy atom. The molecule has 2 aromatic rings. The molecule has 0 saturated heterocycles. The highest BCUT2D eigenvalue weighted by atomic mass is 19.2. The third-order valence-corrected chi connectivity index (χ3v) is 6.17. The minimum atomic E-state index is -1.31. The van der Waals surface area contributed by atoms with Crippen LogP contribution in [0.2, 0.25) is 0 Å². The highest BCUT2D eigenvalue weighted by molar-refractivity contribution is 5.83. The minimum Gasteiger partial charge on any atom is -0.351 e. The predicted octanol–water partition coefficient (Wildman–Crippen LogP) is 1.84. The fourth-order valence-corrected chi connectivity index (χ4v) is 3.83. The number of nitrogens with zero attached hydrogens (tertiary/aromatic N) is 4. The Hall–Kier alpha value is -2.95. The van der Waals surface area contributed by atoms with Gasteiger partial charge in [-0.15, -0.1) is 10.2 Å². The summed E-state index contributed by atoms with van der Waals surface area (Å²) < 4.78 is 43.2.